The Hall–Kier alpha value is -1.80. The molecule has 118 valence electrons. The van der Waals surface area contributed by atoms with Crippen molar-refractivity contribution in [1.82, 2.24) is 30.4 Å². The Kier molecular flexibility index (Phi) is 4.79. The highest BCUT2D eigenvalue weighted by atomic mass is 32.1. The van der Waals surface area contributed by atoms with Crippen LogP contribution in [0.3, 0.4) is 0 Å². The van der Waals surface area contributed by atoms with Gasteiger partial charge in [0.25, 0.3) is 0 Å². The number of carbonyl (C=O) groups excluding carboxylic acids is 1. The molecule has 1 aliphatic rings. The molecule has 1 N–H and O–H groups in total. The topological polar surface area (TPSA) is 75.9 Å². The second-order valence-electron chi connectivity index (χ2n) is 5.53. The minimum atomic E-state index is -0.0685. The summed E-state index contributed by atoms with van der Waals surface area (Å²) in [5, 5.41) is 14.6. The predicted octanol–water partition coefficient (Wildman–Crippen LogP) is 0.955. The van der Waals surface area contributed by atoms with Crippen LogP contribution >= 0.6 is 11.3 Å². The smallest absolute Gasteiger partial charge is 0.242 e. The lowest BCUT2D eigenvalue weighted by Gasteiger charge is -2.13. The lowest BCUT2D eigenvalue weighted by molar-refractivity contribution is -0.122. The van der Waals surface area contributed by atoms with E-state index in [1.165, 1.54) is 17.7 Å². The van der Waals surface area contributed by atoms with E-state index in [1.807, 2.05) is 6.07 Å². The van der Waals surface area contributed by atoms with Crippen molar-refractivity contribution >= 4 is 17.2 Å². The first-order valence-electron chi connectivity index (χ1n) is 7.50. The molecule has 3 heterocycles. The number of rotatable bonds is 6. The van der Waals surface area contributed by atoms with Crippen LogP contribution in [-0.2, 0) is 24.4 Å². The van der Waals surface area contributed by atoms with E-state index in [1.54, 1.807) is 16.0 Å². The molecule has 1 fully saturated rings. The van der Waals surface area contributed by atoms with Crippen LogP contribution in [0.2, 0.25) is 0 Å². The van der Waals surface area contributed by atoms with Crippen LogP contribution in [-0.4, -0.2) is 44.1 Å². The molecule has 0 radical (unpaired) electrons. The van der Waals surface area contributed by atoms with E-state index in [2.05, 4.69) is 38.7 Å². The highest BCUT2D eigenvalue weighted by molar-refractivity contribution is 7.11. The second kappa shape index (κ2) is 6.97. The summed E-state index contributed by atoms with van der Waals surface area (Å²) in [7, 11) is 0. The maximum Gasteiger partial charge on any atom is 0.242 e. The van der Waals surface area contributed by atoms with Crippen molar-refractivity contribution in [3.05, 3.63) is 27.7 Å². The minimum absolute atomic E-state index is 0.0685. The van der Waals surface area contributed by atoms with Gasteiger partial charge in [-0.3, -0.25) is 9.69 Å². The Bertz CT molecular complexity index is 631. The average molecular weight is 320 g/mol. The molecule has 0 aromatic carbocycles. The molecule has 0 saturated carbocycles. The third-order valence-corrected chi connectivity index (χ3v) is 4.72. The Morgan fingerprint density at radius 2 is 2.18 bits per heavy atom. The van der Waals surface area contributed by atoms with Gasteiger partial charge in [-0.15, -0.1) is 16.4 Å². The summed E-state index contributed by atoms with van der Waals surface area (Å²) in [4.78, 5) is 16.8. The first kappa shape index (κ1) is 15.1. The summed E-state index contributed by atoms with van der Waals surface area (Å²) in [6, 6.07) is 4.09. The monoisotopic (exact) mass is 320 g/mol. The van der Waals surface area contributed by atoms with E-state index < -0.39 is 0 Å². The van der Waals surface area contributed by atoms with Crippen molar-refractivity contribution in [2.75, 3.05) is 13.1 Å². The predicted molar refractivity (Wildman–Crippen MR) is 83.2 cm³/mol. The molecule has 2 aromatic rings. The molecule has 0 aliphatic carbocycles. The van der Waals surface area contributed by atoms with Crippen LogP contribution in [0, 0.1) is 6.92 Å². The Labute approximate surface area is 133 Å². The molecule has 7 nitrogen and oxygen atoms in total. The lowest BCUT2D eigenvalue weighted by atomic mass is 10.4. The van der Waals surface area contributed by atoms with Crippen LogP contribution in [0.15, 0.2) is 12.1 Å². The molecule has 1 aliphatic heterocycles. The van der Waals surface area contributed by atoms with E-state index in [0.717, 1.165) is 23.8 Å². The Morgan fingerprint density at radius 3 is 2.91 bits per heavy atom. The summed E-state index contributed by atoms with van der Waals surface area (Å²) in [6.07, 6.45) is 2.45. The molecule has 3 rings (SSSR count). The second-order valence-corrected chi connectivity index (χ2v) is 6.90. The molecular weight excluding hydrogens is 300 g/mol. The number of thiophene rings is 1. The number of nitrogens with one attached hydrogen (secondary N) is 1. The number of hydrogen-bond donors (Lipinski definition) is 1. The number of likely N-dealkylation sites (tertiary alicyclic amines) is 1. The van der Waals surface area contributed by atoms with Crippen molar-refractivity contribution in [1.29, 1.82) is 0 Å². The van der Waals surface area contributed by atoms with Gasteiger partial charge < -0.3 is 5.32 Å². The number of hydrogen-bond acceptors (Lipinski definition) is 6. The number of nitrogens with zero attached hydrogens (tertiary/aromatic N) is 5. The molecule has 0 atom stereocenters. The minimum Gasteiger partial charge on any atom is -0.350 e. The third kappa shape index (κ3) is 3.89. The molecule has 1 amide bonds. The quantitative estimate of drug-likeness (QED) is 0.858. The molecule has 0 unspecified atom stereocenters. The van der Waals surface area contributed by atoms with Gasteiger partial charge in [0.1, 0.15) is 6.54 Å². The van der Waals surface area contributed by atoms with Gasteiger partial charge in [-0.2, -0.15) is 0 Å². The summed E-state index contributed by atoms with van der Waals surface area (Å²) in [5.41, 5.74) is 0. The van der Waals surface area contributed by atoms with Crippen molar-refractivity contribution in [2.24, 2.45) is 0 Å². The van der Waals surface area contributed by atoms with Crippen LogP contribution in [0.25, 0.3) is 0 Å². The summed E-state index contributed by atoms with van der Waals surface area (Å²) in [6.45, 7) is 5.65. The molecule has 22 heavy (non-hydrogen) atoms. The van der Waals surface area contributed by atoms with Gasteiger partial charge in [0.2, 0.25) is 5.91 Å². The van der Waals surface area contributed by atoms with Crippen molar-refractivity contribution in [3.8, 4) is 0 Å². The maximum absolute atomic E-state index is 12.0. The zero-order valence-corrected chi connectivity index (χ0v) is 13.5. The van der Waals surface area contributed by atoms with Gasteiger partial charge in [0.15, 0.2) is 5.82 Å². The van der Waals surface area contributed by atoms with Crippen LogP contribution in [0.5, 0.6) is 0 Å². The summed E-state index contributed by atoms with van der Waals surface area (Å²) >= 11 is 1.69. The molecule has 1 saturated heterocycles. The molecule has 8 heteroatoms. The van der Waals surface area contributed by atoms with Gasteiger partial charge >= 0.3 is 0 Å². The van der Waals surface area contributed by atoms with Gasteiger partial charge in [-0.05, 0) is 55.4 Å². The lowest BCUT2D eigenvalue weighted by Crippen LogP contribution is -2.29. The van der Waals surface area contributed by atoms with Crippen molar-refractivity contribution in [2.45, 2.75) is 39.4 Å². The zero-order valence-electron chi connectivity index (χ0n) is 12.7. The van der Waals surface area contributed by atoms with Crippen LogP contribution in [0.1, 0.15) is 28.4 Å². The highest BCUT2D eigenvalue weighted by Crippen LogP contribution is 2.14. The number of tetrazole rings is 1. The number of amides is 1. The summed E-state index contributed by atoms with van der Waals surface area (Å²) in [5.74, 6) is 0.685. The van der Waals surface area contributed by atoms with Gasteiger partial charge in [-0.1, -0.05) is 0 Å². The first-order valence-corrected chi connectivity index (χ1v) is 8.32. The third-order valence-electron chi connectivity index (χ3n) is 3.72. The number of aromatic nitrogens is 4. The van der Waals surface area contributed by atoms with E-state index in [-0.39, 0.29) is 12.5 Å². The number of aryl methyl sites for hydroxylation is 1. The Balaban J connectivity index is 1.51. The van der Waals surface area contributed by atoms with Gasteiger partial charge in [-0.25, -0.2) is 4.68 Å². The fourth-order valence-electron chi connectivity index (χ4n) is 2.56. The summed E-state index contributed by atoms with van der Waals surface area (Å²) < 4.78 is 1.59. The molecule has 0 spiro atoms. The SMILES string of the molecule is Cc1ccc(CNC(=O)Cn2nnnc2CN2CCCC2)s1. The van der Waals surface area contributed by atoms with E-state index in [9.17, 15) is 4.79 Å². The maximum atomic E-state index is 12.0. The molecular formula is C14H20N6OS. The van der Waals surface area contributed by atoms with Crippen molar-refractivity contribution in [3.63, 3.8) is 0 Å². The van der Waals surface area contributed by atoms with E-state index in [4.69, 9.17) is 0 Å². The first-order chi connectivity index (χ1) is 10.7. The fraction of sp³-hybridized carbons (Fsp3) is 0.571. The van der Waals surface area contributed by atoms with E-state index >= 15 is 0 Å². The highest BCUT2D eigenvalue weighted by Gasteiger charge is 2.17. The fourth-order valence-corrected chi connectivity index (χ4v) is 3.39. The van der Waals surface area contributed by atoms with Gasteiger partial charge in [0.05, 0.1) is 13.1 Å². The van der Waals surface area contributed by atoms with Crippen molar-refractivity contribution < 1.29 is 4.79 Å². The normalized spacial score (nSPS) is 15.3. The van der Waals surface area contributed by atoms with E-state index in [0.29, 0.717) is 13.1 Å². The van der Waals surface area contributed by atoms with Gasteiger partial charge in [0, 0.05) is 9.75 Å². The Morgan fingerprint density at radius 1 is 1.36 bits per heavy atom. The standard InChI is InChI=1S/C14H20N6OS/c1-11-4-5-12(22-11)8-15-14(21)10-20-13(16-17-18-20)9-19-6-2-3-7-19/h4-5H,2-3,6-10H2,1H3,(H,15,21). The van der Waals surface area contributed by atoms with Crippen LogP contribution in [0.4, 0.5) is 0 Å². The largest absolute Gasteiger partial charge is 0.350 e. The molecule has 2 aromatic heterocycles. The molecule has 0 bridgehead atoms. The number of carbonyl (C=O) groups is 1. The van der Waals surface area contributed by atoms with Crippen LogP contribution < -0.4 is 5.32 Å². The zero-order chi connectivity index (χ0) is 15.4. The average Bonchev–Trinajstić information content (AvgIpc) is 3.22.